The topological polar surface area (TPSA) is 66.5 Å². The van der Waals surface area contributed by atoms with Gasteiger partial charge in [0.05, 0.1) is 15.5 Å². The average molecular weight is 371 g/mol. The van der Waals surface area contributed by atoms with Crippen LogP contribution in [-0.2, 0) is 10.0 Å². The van der Waals surface area contributed by atoms with Gasteiger partial charge >= 0.3 is 0 Å². The third-order valence-electron chi connectivity index (χ3n) is 5.33. The van der Waals surface area contributed by atoms with E-state index < -0.39 is 10.0 Å². The molecule has 3 rings (SSSR count). The van der Waals surface area contributed by atoms with Crippen LogP contribution in [0.2, 0.25) is 5.02 Å². The number of fused-ring (bicyclic) bond motifs is 1. The Morgan fingerprint density at radius 2 is 1.92 bits per heavy atom. The van der Waals surface area contributed by atoms with Gasteiger partial charge in [0.1, 0.15) is 0 Å². The molecular weight excluding hydrogens is 348 g/mol. The van der Waals surface area contributed by atoms with Gasteiger partial charge in [0.15, 0.2) is 0 Å². The highest BCUT2D eigenvalue weighted by Gasteiger charge is 2.33. The van der Waals surface area contributed by atoms with Crippen molar-refractivity contribution in [1.82, 2.24) is 9.62 Å². The van der Waals surface area contributed by atoms with E-state index in [1.54, 1.807) is 0 Å². The Morgan fingerprint density at radius 1 is 1.21 bits per heavy atom. The first kappa shape index (κ1) is 17.7. The van der Waals surface area contributed by atoms with E-state index in [4.69, 9.17) is 11.6 Å². The number of amides is 1. The number of halogens is 1. The van der Waals surface area contributed by atoms with Crippen molar-refractivity contribution >= 4 is 27.5 Å². The molecule has 0 spiro atoms. The summed E-state index contributed by atoms with van der Waals surface area (Å²) in [7, 11) is -2.25. The van der Waals surface area contributed by atoms with Gasteiger partial charge in [-0.05, 0) is 49.9 Å². The molecule has 24 heavy (non-hydrogen) atoms. The van der Waals surface area contributed by atoms with Crippen LogP contribution in [-0.4, -0.2) is 39.4 Å². The summed E-state index contributed by atoms with van der Waals surface area (Å²) < 4.78 is 26.2. The van der Waals surface area contributed by atoms with Crippen molar-refractivity contribution in [1.29, 1.82) is 0 Å². The molecule has 1 heterocycles. The molecule has 0 unspecified atom stereocenters. The lowest BCUT2D eigenvalue weighted by molar-refractivity contribution is 0.0521. The van der Waals surface area contributed by atoms with E-state index in [0.29, 0.717) is 10.9 Å². The molecule has 1 saturated carbocycles. The van der Waals surface area contributed by atoms with Crippen molar-refractivity contribution in [2.24, 2.45) is 11.8 Å². The molecule has 7 heteroatoms. The molecule has 132 valence electrons. The van der Waals surface area contributed by atoms with Crippen molar-refractivity contribution in [2.45, 2.75) is 37.0 Å². The maximum absolute atomic E-state index is 12.9. The number of nitrogens with zero attached hydrogens (tertiary/aromatic N) is 1. The van der Waals surface area contributed by atoms with E-state index >= 15 is 0 Å². The Morgan fingerprint density at radius 3 is 2.62 bits per heavy atom. The lowest BCUT2D eigenvalue weighted by Crippen LogP contribution is -2.44. The second-order valence-electron chi connectivity index (χ2n) is 6.69. The van der Waals surface area contributed by atoms with Crippen molar-refractivity contribution in [3.63, 3.8) is 0 Å². The highest BCUT2D eigenvalue weighted by molar-refractivity contribution is 7.89. The third kappa shape index (κ3) is 3.46. The molecule has 1 aliphatic heterocycles. The zero-order valence-electron chi connectivity index (χ0n) is 13.8. The van der Waals surface area contributed by atoms with Crippen LogP contribution in [0.15, 0.2) is 23.1 Å². The number of carbonyl (C=O) groups excluding carboxylic acids is 1. The number of piperidine rings is 1. The second kappa shape index (κ2) is 7.02. The zero-order valence-corrected chi connectivity index (χ0v) is 15.4. The SMILES string of the molecule is CNS(=O)(=O)c1ccc(Cl)c(C(=O)N2CC[C@@H]3CCCC[C@H]3C2)c1. The summed E-state index contributed by atoms with van der Waals surface area (Å²) >= 11 is 6.18. The number of nitrogens with one attached hydrogen (secondary N) is 1. The molecule has 1 amide bonds. The summed E-state index contributed by atoms with van der Waals surface area (Å²) in [4.78, 5) is 14.8. The number of sulfonamides is 1. The summed E-state index contributed by atoms with van der Waals surface area (Å²) in [6.45, 7) is 1.47. The predicted octanol–water partition coefficient (Wildman–Crippen LogP) is 2.90. The highest BCUT2D eigenvalue weighted by atomic mass is 35.5. The number of benzene rings is 1. The van der Waals surface area contributed by atoms with E-state index in [2.05, 4.69) is 4.72 Å². The van der Waals surface area contributed by atoms with Crippen LogP contribution < -0.4 is 4.72 Å². The summed E-state index contributed by atoms with van der Waals surface area (Å²) in [6, 6.07) is 4.27. The van der Waals surface area contributed by atoms with Crippen LogP contribution in [0.3, 0.4) is 0 Å². The Balaban J connectivity index is 1.83. The van der Waals surface area contributed by atoms with Gasteiger partial charge in [-0.15, -0.1) is 0 Å². The smallest absolute Gasteiger partial charge is 0.255 e. The van der Waals surface area contributed by atoms with E-state index in [-0.39, 0.29) is 16.4 Å². The van der Waals surface area contributed by atoms with Crippen molar-refractivity contribution < 1.29 is 13.2 Å². The molecule has 1 saturated heterocycles. The molecule has 1 N–H and O–H groups in total. The molecule has 1 aromatic rings. The number of likely N-dealkylation sites (tertiary alicyclic amines) is 1. The first-order valence-corrected chi connectivity index (χ1v) is 10.3. The second-order valence-corrected chi connectivity index (χ2v) is 8.99. The molecule has 0 aromatic heterocycles. The van der Waals surface area contributed by atoms with E-state index in [0.717, 1.165) is 25.4 Å². The highest BCUT2D eigenvalue weighted by Crippen LogP contribution is 2.36. The fourth-order valence-corrected chi connectivity index (χ4v) is 4.86. The number of hydrogen-bond acceptors (Lipinski definition) is 3. The van der Waals surface area contributed by atoms with Crippen LogP contribution >= 0.6 is 11.6 Å². The quantitative estimate of drug-likeness (QED) is 0.889. The Bertz CT molecular complexity index is 735. The minimum atomic E-state index is -3.60. The largest absolute Gasteiger partial charge is 0.338 e. The lowest BCUT2D eigenvalue weighted by Gasteiger charge is -2.41. The van der Waals surface area contributed by atoms with Crippen LogP contribution in [0.25, 0.3) is 0 Å². The standard InChI is InChI=1S/C17H23ClN2O3S/c1-19-24(22,23)14-6-7-16(18)15(10-14)17(21)20-9-8-12-4-2-3-5-13(12)11-20/h6-7,10,12-13,19H,2-5,8-9,11H2,1H3/t12-,13-/m0/s1. The predicted molar refractivity (Wildman–Crippen MR) is 93.7 cm³/mol. The molecule has 0 radical (unpaired) electrons. The maximum atomic E-state index is 12.9. The van der Waals surface area contributed by atoms with Gasteiger partial charge in [-0.25, -0.2) is 13.1 Å². The van der Waals surface area contributed by atoms with E-state index in [1.165, 1.54) is 50.9 Å². The van der Waals surface area contributed by atoms with E-state index in [9.17, 15) is 13.2 Å². The van der Waals surface area contributed by atoms with Gasteiger partial charge in [-0.1, -0.05) is 30.9 Å². The lowest BCUT2D eigenvalue weighted by atomic mass is 9.75. The Labute approximate surface area is 148 Å². The first-order chi connectivity index (χ1) is 11.4. The number of carbonyl (C=O) groups is 1. The van der Waals surface area contributed by atoms with Crippen molar-refractivity contribution in [3.05, 3.63) is 28.8 Å². The molecule has 2 aliphatic rings. The van der Waals surface area contributed by atoms with E-state index in [1.807, 2.05) is 4.90 Å². The minimum Gasteiger partial charge on any atom is -0.338 e. The molecule has 5 nitrogen and oxygen atoms in total. The van der Waals surface area contributed by atoms with Crippen LogP contribution in [0, 0.1) is 11.8 Å². The summed E-state index contributed by atoms with van der Waals surface area (Å²) in [5, 5.41) is 0.292. The number of hydrogen-bond donors (Lipinski definition) is 1. The third-order valence-corrected chi connectivity index (χ3v) is 7.07. The minimum absolute atomic E-state index is 0.0605. The normalized spacial score (nSPS) is 24.5. The fourth-order valence-electron chi connectivity index (χ4n) is 3.91. The van der Waals surface area contributed by atoms with Gasteiger partial charge < -0.3 is 4.90 Å². The summed E-state index contributed by atoms with van der Waals surface area (Å²) in [5.41, 5.74) is 0.266. The Hall–Kier alpha value is -1.11. The van der Waals surface area contributed by atoms with Crippen LogP contribution in [0.5, 0.6) is 0 Å². The molecule has 2 fully saturated rings. The summed E-state index contributed by atoms with van der Waals surface area (Å²) in [5.74, 6) is 1.13. The van der Waals surface area contributed by atoms with Crippen LogP contribution in [0.4, 0.5) is 0 Å². The first-order valence-electron chi connectivity index (χ1n) is 8.45. The van der Waals surface area contributed by atoms with Crippen molar-refractivity contribution in [2.75, 3.05) is 20.1 Å². The Kier molecular flexibility index (Phi) is 5.18. The number of rotatable bonds is 3. The molecule has 2 atom stereocenters. The van der Waals surface area contributed by atoms with Crippen LogP contribution in [0.1, 0.15) is 42.5 Å². The van der Waals surface area contributed by atoms with Gasteiger partial charge in [-0.2, -0.15) is 0 Å². The fraction of sp³-hybridized carbons (Fsp3) is 0.588. The zero-order chi connectivity index (χ0) is 17.3. The van der Waals surface area contributed by atoms with Gasteiger partial charge in [0.2, 0.25) is 10.0 Å². The monoisotopic (exact) mass is 370 g/mol. The maximum Gasteiger partial charge on any atom is 0.255 e. The molecular formula is C17H23ClN2O3S. The molecule has 1 aliphatic carbocycles. The van der Waals surface area contributed by atoms with Gasteiger partial charge in [0, 0.05) is 13.1 Å². The molecule has 0 bridgehead atoms. The molecule has 1 aromatic carbocycles. The van der Waals surface area contributed by atoms with Gasteiger partial charge in [-0.3, -0.25) is 4.79 Å². The van der Waals surface area contributed by atoms with Crippen molar-refractivity contribution in [3.8, 4) is 0 Å². The summed E-state index contributed by atoms with van der Waals surface area (Å²) in [6.07, 6.45) is 6.01. The average Bonchev–Trinajstić information content (AvgIpc) is 2.61. The van der Waals surface area contributed by atoms with Gasteiger partial charge in [0.25, 0.3) is 5.91 Å².